The largest absolute Gasteiger partial charge is 0.292 e. The molecule has 114 valence electrons. The molecule has 0 fully saturated rings. The average Bonchev–Trinajstić information content (AvgIpc) is 2.64. The van der Waals surface area contributed by atoms with Gasteiger partial charge in [-0.3, -0.25) is 4.68 Å². The standard InChI is InChI=1S/C13H15F2N3O2S/c1-9-12(21(16,19)20)10(2)18(17-9)8-13(14,15)11-6-4-3-5-7-11/h3-7H,8H2,1-2H3,(H2,16,19,20). The van der Waals surface area contributed by atoms with Crippen LogP contribution in [-0.2, 0) is 22.5 Å². The number of aryl methyl sites for hydroxylation is 1. The Hall–Kier alpha value is -1.80. The molecule has 0 amide bonds. The molecule has 0 aliphatic rings. The van der Waals surface area contributed by atoms with Crippen molar-refractivity contribution in [3.05, 3.63) is 47.3 Å². The number of halogens is 2. The summed E-state index contributed by atoms with van der Waals surface area (Å²) >= 11 is 0. The Morgan fingerprint density at radius 2 is 1.81 bits per heavy atom. The van der Waals surface area contributed by atoms with Gasteiger partial charge in [0.1, 0.15) is 11.4 Å². The van der Waals surface area contributed by atoms with Gasteiger partial charge in [-0.2, -0.15) is 13.9 Å². The molecule has 2 rings (SSSR count). The van der Waals surface area contributed by atoms with E-state index in [1.54, 1.807) is 6.07 Å². The highest BCUT2D eigenvalue weighted by Crippen LogP contribution is 2.31. The maximum atomic E-state index is 14.2. The van der Waals surface area contributed by atoms with Crippen LogP contribution in [0.5, 0.6) is 0 Å². The summed E-state index contributed by atoms with van der Waals surface area (Å²) in [6.07, 6.45) is 0. The maximum absolute atomic E-state index is 14.2. The van der Waals surface area contributed by atoms with Crippen LogP contribution in [0.25, 0.3) is 0 Å². The number of aromatic nitrogens is 2. The van der Waals surface area contributed by atoms with E-state index in [0.29, 0.717) is 0 Å². The first-order chi connectivity index (χ1) is 9.63. The molecule has 0 bridgehead atoms. The van der Waals surface area contributed by atoms with Crippen LogP contribution >= 0.6 is 0 Å². The SMILES string of the molecule is Cc1nn(CC(F)(F)c2ccccc2)c(C)c1S(N)(=O)=O. The molecule has 2 aromatic rings. The number of rotatable bonds is 4. The number of sulfonamides is 1. The Morgan fingerprint density at radius 3 is 2.29 bits per heavy atom. The van der Waals surface area contributed by atoms with Gasteiger partial charge in [0.15, 0.2) is 0 Å². The summed E-state index contributed by atoms with van der Waals surface area (Å²) in [5.74, 6) is -3.17. The van der Waals surface area contributed by atoms with E-state index < -0.39 is 22.5 Å². The molecule has 1 aromatic carbocycles. The Kier molecular flexibility index (Phi) is 3.85. The number of nitrogens with zero attached hydrogens (tertiary/aromatic N) is 2. The molecule has 0 saturated heterocycles. The molecule has 0 spiro atoms. The van der Waals surface area contributed by atoms with E-state index in [4.69, 9.17) is 5.14 Å². The van der Waals surface area contributed by atoms with Crippen molar-refractivity contribution in [3.8, 4) is 0 Å². The number of nitrogens with two attached hydrogens (primary N) is 1. The topological polar surface area (TPSA) is 78.0 Å². The number of benzene rings is 1. The van der Waals surface area contributed by atoms with Crippen LogP contribution in [-0.4, -0.2) is 18.2 Å². The smallest absolute Gasteiger partial charge is 0.262 e. The highest BCUT2D eigenvalue weighted by atomic mass is 32.2. The Balaban J connectivity index is 2.42. The zero-order valence-corrected chi connectivity index (χ0v) is 12.4. The van der Waals surface area contributed by atoms with E-state index in [0.717, 1.165) is 4.68 Å². The van der Waals surface area contributed by atoms with Gasteiger partial charge in [0.05, 0.1) is 11.4 Å². The van der Waals surface area contributed by atoms with Crippen LogP contribution in [0, 0.1) is 13.8 Å². The van der Waals surface area contributed by atoms with Gasteiger partial charge in [0.25, 0.3) is 5.92 Å². The number of primary sulfonamides is 1. The van der Waals surface area contributed by atoms with E-state index in [9.17, 15) is 17.2 Å². The maximum Gasteiger partial charge on any atom is 0.292 e. The van der Waals surface area contributed by atoms with Crippen LogP contribution in [0.3, 0.4) is 0 Å². The second-order valence-corrected chi connectivity index (χ2v) is 6.27. The summed E-state index contributed by atoms with van der Waals surface area (Å²) in [5.41, 5.74) is 0.0548. The van der Waals surface area contributed by atoms with Crippen molar-refractivity contribution in [1.29, 1.82) is 0 Å². The molecule has 21 heavy (non-hydrogen) atoms. The Bertz CT molecular complexity index is 755. The van der Waals surface area contributed by atoms with Gasteiger partial charge in [0.2, 0.25) is 10.0 Å². The van der Waals surface area contributed by atoms with E-state index in [1.165, 1.54) is 38.1 Å². The third-order valence-electron chi connectivity index (χ3n) is 3.14. The van der Waals surface area contributed by atoms with Crippen LogP contribution in [0.2, 0.25) is 0 Å². The summed E-state index contributed by atoms with van der Waals surface area (Å²) in [7, 11) is -3.99. The minimum Gasteiger partial charge on any atom is -0.262 e. The zero-order valence-electron chi connectivity index (χ0n) is 11.5. The molecule has 1 aromatic heterocycles. The lowest BCUT2D eigenvalue weighted by Crippen LogP contribution is -2.23. The lowest BCUT2D eigenvalue weighted by molar-refractivity contribution is -0.0260. The molecule has 2 N–H and O–H groups in total. The van der Waals surface area contributed by atoms with Gasteiger partial charge >= 0.3 is 0 Å². The van der Waals surface area contributed by atoms with Gasteiger partial charge in [-0.25, -0.2) is 13.6 Å². The van der Waals surface area contributed by atoms with Crippen LogP contribution in [0.4, 0.5) is 8.78 Å². The van der Waals surface area contributed by atoms with Crippen LogP contribution in [0.1, 0.15) is 17.0 Å². The minimum atomic E-state index is -3.99. The van der Waals surface area contributed by atoms with Gasteiger partial charge in [0, 0.05) is 5.56 Å². The Labute approximate surface area is 121 Å². The second-order valence-electron chi connectivity index (χ2n) is 4.77. The first-order valence-corrected chi connectivity index (χ1v) is 7.68. The van der Waals surface area contributed by atoms with Crippen molar-refractivity contribution < 1.29 is 17.2 Å². The number of alkyl halides is 2. The summed E-state index contributed by atoms with van der Waals surface area (Å²) in [6.45, 7) is 2.07. The summed E-state index contributed by atoms with van der Waals surface area (Å²) in [4.78, 5) is -0.202. The van der Waals surface area contributed by atoms with E-state index >= 15 is 0 Å². The fourth-order valence-electron chi connectivity index (χ4n) is 2.21. The van der Waals surface area contributed by atoms with Crippen molar-refractivity contribution in [2.45, 2.75) is 31.2 Å². The molecule has 0 atom stereocenters. The van der Waals surface area contributed by atoms with Crippen LogP contribution in [0.15, 0.2) is 35.2 Å². The molecule has 0 unspecified atom stereocenters. The molecule has 1 heterocycles. The molecule has 8 heteroatoms. The van der Waals surface area contributed by atoms with E-state index in [1.807, 2.05) is 0 Å². The van der Waals surface area contributed by atoms with Crippen molar-refractivity contribution >= 4 is 10.0 Å². The molecule has 0 saturated carbocycles. The summed E-state index contributed by atoms with van der Waals surface area (Å²) in [6, 6.07) is 7.29. The lowest BCUT2D eigenvalue weighted by Gasteiger charge is -2.17. The number of hydrogen-bond acceptors (Lipinski definition) is 3. The van der Waals surface area contributed by atoms with E-state index in [-0.39, 0.29) is 21.8 Å². The van der Waals surface area contributed by atoms with Crippen molar-refractivity contribution in [1.82, 2.24) is 9.78 Å². The molecular formula is C13H15F2N3O2S. The fraction of sp³-hybridized carbons (Fsp3) is 0.308. The number of hydrogen-bond donors (Lipinski definition) is 1. The van der Waals surface area contributed by atoms with E-state index in [2.05, 4.69) is 5.10 Å². The third kappa shape index (κ3) is 3.11. The fourth-order valence-corrected chi connectivity index (χ4v) is 3.18. The molecular weight excluding hydrogens is 300 g/mol. The van der Waals surface area contributed by atoms with Crippen molar-refractivity contribution in [3.63, 3.8) is 0 Å². The molecule has 0 radical (unpaired) electrons. The predicted molar refractivity (Wildman–Crippen MR) is 73.4 cm³/mol. The first kappa shape index (κ1) is 15.6. The first-order valence-electron chi connectivity index (χ1n) is 6.13. The van der Waals surface area contributed by atoms with Gasteiger partial charge in [-0.05, 0) is 13.8 Å². The summed E-state index contributed by atoms with van der Waals surface area (Å²) in [5, 5.41) is 8.94. The molecule has 0 aliphatic heterocycles. The highest BCUT2D eigenvalue weighted by Gasteiger charge is 2.34. The zero-order chi connectivity index (χ0) is 15.8. The normalized spacial score (nSPS) is 12.6. The quantitative estimate of drug-likeness (QED) is 0.936. The monoisotopic (exact) mass is 315 g/mol. The third-order valence-corrected chi connectivity index (χ3v) is 4.30. The molecule has 5 nitrogen and oxygen atoms in total. The predicted octanol–water partition coefficient (Wildman–Crippen LogP) is 1.94. The van der Waals surface area contributed by atoms with Crippen molar-refractivity contribution in [2.24, 2.45) is 5.14 Å². The van der Waals surface area contributed by atoms with Crippen molar-refractivity contribution in [2.75, 3.05) is 0 Å². The average molecular weight is 315 g/mol. The molecule has 0 aliphatic carbocycles. The minimum absolute atomic E-state index is 0.102. The Morgan fingerprint density at radius 1 is 1.24 bits per heavy atom. The highest BCUT2D eigenvalue weighted by molar-refractivity contribution is 7.89. The van der Waals surface area contributed by atoms with Gasteiger partial charge in [-0.15, -0.1) is 0 Å². The lowest BCUT2D eigenvalue weighted by atomic mass is 10.1. The van der Waals surface area contributed by atoms with Crippen LogP contribution < -0.4 is 5.14 Å². The van der Waals surface area contributed by atoms with Gasteiger partial charge < -0.3 is 0 Å². The summed E-state index contributed by atoms with van der Waals surface area (Å²) < 4.78 is 52.3. The second kappa shape index (κ2) is 5.19. The van der Waals surface area contributed by atoms with Gasteiger partial charge in [-0.1, -0.05) is 30.3 Å².